The van der Waals surface area contributed by atoms with Crippen molar-refractivity contribution in [2.75, 3.05) is 4.72 Å². The first kappa shape index (κ1) is 14.8. The van der Waals surface area contributed by atoms with Crippen molar-refractivity contribution in [2.45, 2.75) is 4.90 Å². The lowest BCUT2D eigenvalue weighted by Crippen LogP contribution is -2.13. The number of sulfonamides is 1. The van der Waals surface area contributed by atoms with Crippen LogP contribution in [-0.2, 0) is 10.0 Å². The van der Waals surface area contributed by atoms with Crippen LogP contribution in [0.4, 0.5) is 5.69 Å². The molecule has 1 N–H and O–H groups in total. The summed E-state index contributed by atoms with van der Waals surface area (Å²) in [5, 5.41) is 0.490. The summed E-state index contributed by atoms with van der Waals surface area (Å²) in [7, 11) is -3.62. The van der Waals surface area contributed by atoms with Crippen LogP contribution >= 0.6 is 43.5 Å². The van der Waals surface area contributed by atoms with Gasteiger partial charge in [-0.1, -0.05) is 27.5 Å². The van der Waals surface area contributed by atoms with Gasteiger partial charge >= 0.3 is 0 Å². The molecule has 0 aliphatic rings. The van der Waals surface area contributed by atoms with E-state index in [9.17, 15) is 8.42 Å². The molecule has 0 bridgehead atoms. The average Bonchev–Trinajstić information content (AvgIpc) is 2.33. The van der Waals surface area contributed by atoms with Gasteiger partial charge < -0.3 is 0 Å². The number of nitrogens with one attached hydrogen (secondary N) is 1. The second kappa shape index (κ2) is 5.83. The van der Waals surface area contributed by atoms with Crippen LogP contribution in [0.3, 0.4) is 0 Å². The summed E-state index contributed by atoms with van der Waals surface area (Å²) in [5.74, 6) is 0. The van der Waals surface area contributed by atoms with Crippen LogP contribution < -0.4 is 4.72 Å². The third kappa shape index (κ3) is 3.72. The normalized spacial score (nSPS) is 11.3. The quantitative estimate of drug-likeness (QED) is 0.777. The molecule has 0 amide bonds. The van der Waals surface area contributed by atoms with Crippen LogP contribution in [0.25, 0.3) is 0 Å². The Bertz CT molecular complexity index is 702. The van der Waals surface area contributed by atoms with E-state index in [1.165, 1.54) is 24.3 Å². The molecular formula is C12H8Br2ClNO2S. The van der Waals surface area contributed by atoms with Gasteiger partial charge in [-0.05, 0) is 58.4 Å². The topological polar surface area (TPSA) is 46.2 Å². The molecule has 0 spiro atoms. The van der Waals surface area contributed by atoms with Crippen molar-refractivity contribution >= 4 is 59.2 Å². The molecule has 0 radical (unpaired) electrons. The summed E-state index contributed by atoms with van der Waals surface area (Å²) < 4.78 is 28.3. The lowest BCUT2D eigenvalue weighted by molar-refractivity contribution is 0.601. The van der Waals surface area contributed by atoms with Gasteiger partial charge in [0, 0.05) is 14.0 Å². The Balaban J connectivity index is 2.33. The largest absolute Gasteiger partial charge is 0.278 e. The molecule has 2 rings (SSSR count). The Morgan fingerprint density at radius 3 is 2.21 bits per heavy atom. The lowest BCUT2D eigenvalue weighted by Gasteiger charge is -2.10. The second-order valence-corrected chi connectivity index (χ2v) is 7.57. The minimum absolute atomic E-state index is 0.159. The zero-order valence-corrected chi connectivity index (χ0v) is 14.1. The minimum Gasteiger partial charge on any atom is -0.278 e. The van der Waals surface area contributed by atoms with Gasteiger partial charge in [-0.3, -0.25) is 4.72 Å². The maximum absolute atomic E-state index is 12.2. The third-order valence-electron chi connectivity index (χ3n) is 2.30. The zero-order valence-electron chi connectivity index (χ0n) is 9.40. The Hall–Kier alpha value is -0.560. The molecule has 2 aromatic carbocycles. The Labute approximate surface area is 133 Å². The highest BCUT2D eigenvalue weighted by Gasteiger charge is 2.15. The Kier molecular flexibility index (Phi) is 4.55. The third-order valence-corrected chi connectivity index (χ3v) is 5.08. The molecule has 7 heteroatoms. The van der Waals surface area contributed by atoms with Crippen LogP contribution in [0.2, 0.25) is 5.02 Å². The molecule has 0 aliphatic heterocycles. The fraction of sp³-hybridized carbons (Fsp3) is 0. The number of hydrogen-bond acceptors (Lipinski definition) is 2. The standard InChI is InChI=1S/C12H8Br2ClNO2S/c13-8-1-6-12(11(14)7-8)16-19(17,18)10-4-2-9(15)3-5-10/h1-7,16H. The molecule has 2 aromatic rings. The second-order valence-electron chi connectivity index (χ2n) is 3.68. The molecule has 0 fully saturated rings. The van der Waals surface area contributed by atoms with Gasteiger partial charge in [0.2, 0.25) is 0 Å². The van der Waals surface area contributed by atoms with Gasteiger partial charge in [0.25, 0.3) is 10.0 Å². The summed E-state index contributed by atoms with van der Waals surface area (Å²) >= 11 is 12.3. The predicted molar refractivity (Wildman–Crippen MR) is 84.1 cm³/mol. The van der Waals surface area contributed by atoms with Gasteiger partial charge in [-0.15, -0.1) is 0 Å². The van der Waals surface area contributed by atoms with E-state index in [-0.39, 0.29) is 4.90 Å². The zero-order chi connectivity index (χ0) is 14.0. The summed E-state index contributed by atoms with van der Waals surface area (Å²) in [6.45, 7) is 0. The molecule has 0 saturated heterocycles. The summed E-state index contributed by atoms with van der Waals surface area (Å²) in [6, 6.07) is 11.2. The summed E-state index contributed by atoms with van der Waals surface area (Å²) in [4.78, 5) is 0.159. The van der Waals surface area contributed by atoms with Crippen molar-refractivity contribution in [3.05, 3.63) is 56.4 Å². The van der Waals surface area contributed by atoms with E-state index < -0.39 is 10.0 Å². The van der Waals surface area contributed by atoms with Crippen LogP contribution in [0, 0.1) is 0 Å². The SMILES string of the molecule is O=S(=O)(Nc1ccc(Br)cc1Br)c1ccc(Cl)cc1. The van der Waals surface area contributed by atoms with E-state index in [4.69, 9.17) is 11.6 Å². The number of hydrogen-bond donors (Lipinski definition) is 1. The first-order valence-electron chi connectivity index (χ1n) is 5.12. The molecule has 0 saturated carbocycles. The number of anilines is 1. The van der Waals surface area contributed by atoms with Crippen molar-refractivity contribution in [1.82, 2.24) is 0 Å². The van der Waals surface area contributed by atoms with Crippen molar-refractivity contribution in [3.63, 3.8) is 0 Å². The molecule has 19 heavy (non-hydrogen) atoms. The predicted octanol–water partition coefficient (Wildman–Crippen LogP) is 4.67. The maximum atomic E-state index is 12.2. The Morgan fingerprint density at radius 1 is 1.00 bits per heavy atom. The van der Waals surface area contributed by atoms with Gasteiger partial charge in [0.1, 0.15) is 0 Å². The van der Waals surface area contributed by atoms with Crippen molar-refractivity contribution in [1.29, 1.82) is 0 Å². The van der Waals surface area contributed by atoms with E-state index in [0.29, 0.717) is 15.2 Å². The van der Waals surface area contributed by atoms with E-state index in [0.717, 1.165) is 4.47 Å². The van der Waals surface area contributed by atoms with Crippen molar-refractivity contribution in [3.8, 4) is 0 Å². The molecule has 3 nitrogen and oxygen atoms in total. The van der Waals surface area contributed by atoms with Gasteiger partial charge in [0.05, 0.1) is 10.6 Å². The first-order chi connectivity index (χ1) is 8.88. The smallest absolute Gasteiger partial charge is 0.261 e. The number of benzene rings is 2. The fourth-order valence-corrected chi connectivity index (χ4v) is 3.87. The lowest BCUT2D eigenvalue weighted by atomic mass is 10.3. The van der Waals surface area contributed by atoms with Crippen LogP contribution in [0.1, 0.15) is 0 Å². The van der Waals surface area contributed by atoms with Gasteiger partial charge in [-0.25, -0.2) is 8.42 Å². The Morgan fingerprint density at radius 2 is 1.63 bits per heavy atom. The van der Waals surface area contributed by atoms with Crippen LogP contribution in [-0.4, -0.2) is 8.42 Å². The fourth-order valence-electron chi connectivity index (χ4n) is 1.39. The average molecular weight is 426 g/mol. The highest BCUT2D eigenvalue weighted by atomic mass is 79.9. The summed E-state index contributed by atoms with van der Waals surface area (Å²) in [5.41, 5.74) is 0.471. The molecule has 0 heterocycles. The molecule has 0 aliphatic carbocycles. The highest BCUT2D eigenvalue weighted by Crippen LogP contribution is 2.28. The van der Waals surface area contributed by atoms with E-state index in [2.05, 4.69) is 36.6 Å². The van der Waals surface area contributed by atoms with E-state index in [1.54, 1.807) is 18.2 Å². The monoisotopic (exact) mass is 423 g/mol. The van der Waals surface area contributed by atoms with E-state index in [1.807, 2.05) is 0 Å². The number of rotatable bonds is 3. The minimum atomic E-state index is -3.62. The molecular weight excluding hydrogens is 417 g/mol. The molecule has 0 aromatic heterocycles. The molecule has 0 unspecified atom stereocenters. The highest BCUT2D eigenvalue weighted by molar-refractivity contribution is 9.11. The maximum Gasteiger partial charge on any atom is 0.261 e. The summed E-state index contributed by atoms with van der Waals surface area (Å²) in [6.07, 6.45) is 0. The van der Waals surface area contributed by atoms with Crippen molar-refractivity contribution in [2.24, 2.45) is 0 Å². The molecule has 100 valence electrons. The van der Waals surface area contributed by atoms with Crippen molar-refractivity contribution < 1.29 is 8.42 Å². The van der Waals surface area contributed by atoms with Gasteiger partial charge in [0.15, 0.2) is 0 Å². The van der Waals surface area contributed by atoms with E-state index >= 15 is 0 Å². The van der Waals surface area contributed by atoms with Crippen LogP contribution in [0.15, 0.2) is 56.3 Å². The van der Waals surface area contributed by atoms with Gasteiger partial charge in [-0.2, -0.15) is 0 Å². The van der Waals surface area contributed by atoms with Crippen LogP contribution in [0.5, 0.6) is 0 Å². The molecule has 0 atom stereocenters. The first-order valence-corrected chi connectivity index (χ1v) is 8.57. The number of halogens is 3.